The van der Waals surface area contributed by atoms with E-state index < -0.39 is 0 Å². The van der Waals surface area contributed by atoms with Gasteiger partial charge in [-0.15, -0.1) is 0 Å². The van der Waals surface area contributed by atoms with Crippen molar-refractivity contribution in [2.75, 3.05) is 50.0 Å². The molecule has 1 aromatic rings. The SMILES string of the molecule is CC(C)Oc1nc(N)nc(N2CCN(CCO)CC2)n1. The highest BCUT2D eigenvalue weighted by atomic mass is 16.5. The summed E-state index contributed by atoms with van der Waals surface area (Å²) in [5.41, 5.74) is 5.70. The molecule has 20 heavy (non-hydrogen) atoms. The Morgan fingerprint density at radius 2 is 1.90 bits per heavy atom. The minimum atomic E-state index is -0.00829. The highest BCUT2D eigenvalue weighted by molar-refractivity contribution is 5.36. The van der Waals surface area contributed by atoms with Crippen molar-refractivity contribution >= 4 is 11.9 Å². The van der Waals surface area contributed by atoms with Crippen LogP contribution in [0.4, 0.5) is 11.9 Å². The van der Waals surface area contributed by atoms with E-state index in [4.69, 9.17) is 15.6 Å². The summed E-state index contributed by atoms with van der Waals surface area (Å²) in [4.78, 5) is 16.7. The van der Waals surface area contributed by atoms with Gasteiger partial charge in [0.15, 0.2) is 0 Å². The first-order valence-corrected chi connectivity index (χ1v) is 6.85. The lowest BCUT2D eigenvalue weighted by Crippen LogP contribution is -2.47. The number of rotatable bonds is 5. The lowest BCUT2D eigenvalue weighted by molar-refractivity contribution is 0.188. The van der Waals surface area contributed by atoms with Crippen LogP contribution in [0.5, 0.6) is 6.01 Å². The van der Waals surface area contributed by atoms with Gasteiger partial charge in [-0.2, -0.15) is 15.0 Å². The van der Waals surface area contributed by atoms with Crippen LogP contribution in [0.3, 0.4) is 0 Å². The molecule has 8 nitrogen and oxygen atoms in total. The molecule has 0 radical (unpaired) electrons. The van der Waals surface area contributed by atoms with Crippen LogP contribution >= 0.6 is 0 Å². The molecule has 0 unspecified atom stereocenters. The Balaban J connectivity index is 2.03. The molecule has 2 heterocycles. The van der Waals surface area contributed by atoms with Crippen LogP contribution in [0.25, 0.3) is 0 Å². The van der Waals surface area contributed by atoms with Crippen LogP contribution in [-0.4, -0.2) is 70.4 Å². The zero-order valence-electron chi connectivity index (χ0n) is 12.0. The van der Waals surface area contributed by atoms with Gasteiger partial charge < -0.3 is 20.5 Å². The summed E-state index contributed by atoms with van der Waals surface area (Å²) in [6, 6.07) is 0.264. The summed E-state index contributed by atoms with van der Waals surface area (Å²) >= 11 is 0. The molecule has 1 aliphatic rings. The van der Waals surface area contributed by atoms with Gasteiger partial charge in [-0.1, -0.05) is 0 Å². The molecule has 0 atom stereocenters. The fourth-order valence-electron chi connectivity index (χ4n) is 2.08. The Morgan fingerprint density at radius 1 is 1.20 bits per heavy atom. The molecule has 0 bridgehead atoms. The number of nitrogens with two attached hydrogens (primary N) is 1. The highest BCUT2D eigenvalue weighted by Gasteiger charge is 2.20. The Hall–Kier alpha value is -1.67. The highest BCUT2D eigenvalue weighted by Crippen LogP contribution is 2.16. The third kappa shape index (κ3) is 3.91. The van der Waals surface area contributed by atoms with E-state index in [0.29, 0.717) is 12.5 Å². The topological polar surface area (TPSA) is 101 Å². The average Bonchev–Trinajstić information content (AvgIpc) is 2.38. The molecule has 0 amide bonds. The van der Waals surface area contributed by atoms with Crippen molar-refractivity contribution in [2.45, 2.75) is 20.0 Å². The molecule has 1 aliphatic heterocycles. The van der Waals surface area contributed by atoms with Crippen LogP contribution in [0, 0.1) is 0 Å². The quantitative estimate of drug-likeness (QED) is 0.735. The third-order valence-electron chi connectivity index (χ3n) is 3.03. The molecule has 0 spiro atoms. The monoisotopic (exact) mass is 282 g/mol. The van der Waals surface area contributed by atoms with E-state index in [1.54, 1.807) is 0 Å². The van der Waals surface area contributed by atoms with Gasteiger partial charge in [0.2, 0.25) is 11.9 Å². The number of aromatic nitrogens is 3. The van der Waals surface area contributed by atoms with Crippen molar-refractivity contribution in [3.63, 3.8) is 0 Å². The van der Waals surface area contributed by atoms with E-state index in [-0.39, 0.29) is 24.7 Å². The molecule has 0 aliphatic carbocycles. The number of β-amino-alcohol motifs (C(OH)–C–C–N with tert-alkyl or cyclic N) is 1. The fraction of sp³-hybridized carbons (Fsp3) is 0.750. The lowest BCUT2D eigenvalue weighted by atomic mass is 10.3. The van der Waals surface area contributed by atoms with Crippen LogP contribution in [0.15, 0.2) is 0 Å². The summed E-state index contributed by atoms with van der Waals surface area (Å²) < 4.78 is 5.47. The van der Waals surface area contributed by atoms with E-state index in [1.807, 2.05) is 13.8 Å². The normalized spacial score (nSPS) is 16.7. The average molecular weight is 282 g/mol. The predicted octanol–water partition coefficient (Wildman–Crippen LogP) is -0.645. The summed E-state index contributed by atoms with van der Waals surface area (Å²) in [5, 5.41) is 8.94. The Kier molecular flexibility index (Phi) is 4.91. The second-order valence-electron chi connectivity index (χ2n) is 5.00. The number of piperazine rings is 1. The van der Waals surface area contributed by atoms with Crippen molar-refractivity contribution in [1.82, 2.24) is 19.9 Å². The first-order valence-electron chi connectivity index (χ1n) is 6.85. The molecule has 0 saturated carbocycles. The van der Waals surface area contributed by atoms with Gasteiger partial charge in [-0.05, 0) is 13.8 Å². The van der Waals surface area contributed by atoms with Crippen LogP contribution in [-0.2, 0) is 0 Å². The molecule has 2 rings (SSSR count). The number of nitrogen functional groups attached to an aromatic ring is 1. The predicted molar refractivity (Wildman–Crippen MR) is 75.7 cm³/mol. The van der Waals surface area contributed by atoms with Crippen LogP contribution in [0.2, 0.25) is 0 Å². The minimum Gasteiger partial charge on any atom is -0.461 e. The summed E-state index contributed by atoms with van der Waals surface area (Å²) in [6.45, 7) is 8.04. The number of hydrogen-bond acceptors (Lipinski definition) is 8. The number of anilines is 2. The minimum absolute atomic E-state index is 0.00829. The zero-order chi connectivity index (χ0) is 14.5. The molecule has 8 heteroatoms. The molecule has 112 valence electrons. The van der Waals surface area contributed by atoms with Crippen LogP contribution < -0.4 is 15.4 Å². The number of ether oxygens (including phenoxy) is 1. The zero-order valence-corrected chi connectivity index (χ0v) is 12.0. The van der Waals surface area contributed by atoms with Gasteiger partial charge >= 0.3 is 6.01 Å². The fourth-order valence-corrected chi connectivity index (χ4v) is 2.08. The van der Waals surface area contributed by atoms with E-state index in [1.165, 1.54) is 0 Å². The van der Waals surface area contributed by atoms with E-state index in [9.17, 15) is 0 Å². The summed E-state index contributed by atoms with van der Waals surface area (Å²) in [7, 11) is 0. The molecule has 3 N–H and O–H groups in total. The Bertz CT molecular complexity index is 434. The lowest BCUT2D eigenvalue weighted by Gasteiger charge is -2.34. The number of aliphatic hydroxyl groups excluding tert-OH is 1. The molecule has 1 saturated heterocycles. The van der Waals surface area contributed by atoms with Gasteiger partial charge in [-0.25, -0.2) is 0 Å². The van der Waals surface area contributed by atoms with Crippen molar-refractivity contribution in [2.24, 2.45) is 0 Å². The van der Waals surface area contributed by atoms with Crippen molar-refractivity contribution in [3.05, 3.63) is 0 Å². The largest absolute Gasteiger partial charge is 0.461 e. The van der Waals surface area contributed by atoms with Crippen molar-refractivity contribution < 1.29 is 9.84 Å². The van der Waals surface area contributed by atoms with Gasteiger partial charge in [0, 0.05) is 32.7 Å². The Labute approximate surface area is 118 Å². The first-order chi connectivity index (χ1) is 9.58. The van der Waals surface area contributed by atoms with Gasteiger partial charge in [0.1, 0.15) is 0 Å². The van der Waals surface area contributed by atoms with Crippen molar-refractivity contribution in [1.29, 1.82) is 0 Å². The van der Waals surface area contributed by atoms with E-state index in [2.05, 4.69) is 24.8 Å². The van der Waals surface area contributed by atoms with Gasteiger partial charge in [-0.3, -0.25) is 4.90 Å². The number of aliphatic hydroxyl groups is 1. The first kappa shape index (κ1) is 14.7. The van der Waals surface area contributed by atoms with Crippen LogP contribution in [0.1, 0.15) is 13.8 Å². The Morgan fingerprint density at radius 3 is 2.50 bits per heavy atom. The van der Waals surface area contributed by atoms with Gasteiger partial charge in [0.25, 0.3) is 0 Å². The standard InChI is InChI=1S/C12H22N6O2/c1-9(2)20-12-15-10(13)14-11(16-12)18-5-3-17(4-6-18)7-8-19/h9,19H,3-8H2,1-2H3,(H2,13,14,15,16). The maximum atomic E-state index is 8.94. The van der Waals surface area contributed by atoms with E-state index >= 15 is 0 Å². The third-order valence-corrected chi connectivity index (χ3v) is 3.03. The molecule has 0 aromatic carbocycles. The molecule has 1 aromatic heterocycles. The second kappa shape index (κ2) is 6.67. The van der Waals surface area contributed by atoms with Gasteiger partial charge in [0.05, 0.1) is 12.7 Å². The molecular weight excluding hydrogens is 260 g/mol. The summed E-state index contributed by atoms with van der Waals surface area (Å²) in [6.07, 6.45) is -0.00829. The smallest absolute Gasteiger partial charge is 0.323 e. The second-order valence-corrected chi connectivity index (χ2v) is 5.00. The molecule has 1 fully saturated rings. The summed E-state index contributed by atoms with van der Waals surface area (Å²) in [5.74, 6) is 0.722. The number of nitrogens with zero attached hydrogens (tertiary/aromatic N) is 5. The maximum absolute atomic E-state index is 8.94. The van der Waals surface area contributed by atoms with E-state index in [0.717, 1.165) is 26.2 Å². The number of hydrogen-bond donors (Lipinski definition) is 2. The maximum Gasteiger partial charge on any atom is 0.323 e. The molecular formula is C12H22N6O2. The van der Waals surface area contributed by atoms with Crippen molar-refractivity contribution in [3.8, 4) is 6.01 Å².